The van der Waals surface area contributed by atoms with Crippen LogP contribution < -0.4 is 16.2 Å². The van der Waals surface area contributed by atoms with Gasteiger partial charge < -0.3 is 21.1 Å². The number of hydrogen-bond acceptors (Lipinski definition) is 8. The van der Waals surface area contributed by atoms with Gasteiger partial charge >= 0.3 is 0 Å². The second-order valence-corrected chi connectivity index (χ2v) is 12.2. The molecule has 4 N–H and O–H groups in total. The Bertz CT molecular complexity index is 1400. The number of fused-ring (bicyclic) bond motifs is 1. The van der Waals surface area contributed by atoms with E-state index < -0.39 is 0 Å². The molecule has 3 aromatic rings. The van der Waals surface area contributed by atoms with E-state index in [-0.39, 0.29) is 43.2 Å². The molecule has 2 aromatic heterocycles. The Labute approximate surface area is 256 Å². The Morgan fingerprint density at radius 3 is 2.43 bits per heavy atom. The summed E-state index contributed by atoms with van der Waals surface area (Å²) in [5, 5.41) is 0.611. The summed E-state index contributed by atoms with van der Waals surface area (Å²) in [6, 6.07) is 7.70. The molecule has 0 aliphatic carbocycles. The van der Waals surface area contributed by atoms with Crippen molar-refractivity contribution >= 4 is 50.9 Å². The summed E-state index contributed by atoms with van der Waals surface area (Å²) >= 11 is 8.04. The number of rotatable bonds is 9. The monoisotopic (exact) mass is 613 g/mol. The molecule has 2 aliphatic rings. The predicted molar refractivity (Wildman–Crippen MR) is 167 cm³/mol. The maximum atomic E-state index is 12.4. The van der Waals surface area contributed by atoms with Crippen molar-refractivity contribution in [3.63, 3.8) is 0 Å². The second kappa shape index (κ2) is 14.9. The fourth-order valence-corrected chi connectivity index (χ4v) is 6.52. The van der Waals surface area contributed by atoms with Gasteiger partial charge in [0.1, 0.15) is 11.9 Å². The molecule has 2 aliphatic heterocycles. The molecule has 0 bridgehead atoms. The van der Waals surface area contributed by atoms with Crippen LogP contribution in [-0.4, -0.2) is 64.8 Å². The third-order valence-electron chi connectivity index (χ3n) is 7.42. The first-order valence-electron chi connectivity index (χ1n) is 14.6. The molecule has 2 fully saturated rings. The van der Waals surface area contributed by atoms with E-state index in [1.807, 2.05) is 36.1 Å². The number of pyridine rings is 1. The molecule has 0 spiro atoms. The van der Waals surface area contributed by atoms with Crippen molar-refractivity contribution in [3.8, 4) is 16.9 Å². The Morgan fingerprint density at radius 1 is 1.10 bits per heavy atom. The van der Waals surface area contributed by atoms with Crippen LogP contribution in [0, 0.1) is 6.92 Å². The van der Waals surface area contributed by atoms with Crippen LogP contribution in [0.5, 0.6) is 5.75 Å². The Kier molecular flexibility index (Phi) is 11.3. The molecule has 11 heteroatoms. The van der Waals surface area contributed by atoms with Crippen LogP contribution in [0.2, 0.25) is 5.02 Å². The zero-order chi connectivity index (χ0) is 30.2. The van der Waals surface area contributed by atoms with Crippen molar-refractivity contribution in [2.45, 2.75) is 71.4 Å². The SMILES string of the molecule is CCCN.Cc1cc(Cl)cc(-c2ccnc3cc(CN4C(=O)CCC4=O)sc23)c1OC1CCN(C(=O)CCCN)CC1. The molecule has 0 unspecified atom stereocenters. The van der Waals surface area contributed by atoms with E-state index in [1.54, 1.807) is 6.20 Å². The van der Waals surface area contributed by atoms with Gasteiger partial charge in [0.15, 0.2) is 0 Å². The first-order chi connectivity index (χ1) is 20.2. The highest BCUT2D eigenvalue weighted by molar-refractivity contribution is 7.19. The van der Waals surface area contributed by atoms with E-state index in [2.05, 4.69) is 11.9 Å². The smallest absolute Gasteiger partial charge is 0.230 e. The summed E-state index contributed by atoms with van der Waals surface area (Å²) in [4.78, 5) is 45.3. The number of thiophene rings is 1. The number of nitrogens with zero attached hydrogens (tertiary/aromatic N) is 3. The number of benzene rings is 1. The third-order valence-corrected chi connectivity index (χ3v) is 8.78. The van der Waals surface area contributed by atoms with E-state index in [1.165, 1.54) is 16.2 Å². The largest absolute Gasteiger partial charge is 0.489 e. The van der Waals surface area contributed by atoms with Gasteiger partial charge in [-0.1, -0.05) is 18.5 Å². The topological polar surface area (TPSA) is 132 Å². The molecular weight excluding hydrogens is 574 g/mol. The van der Waals surface area contributed by atoms with Gasteiger partial charge in [-0.2, -0.15) is 0 Å². The number of aromatic nitrogens is 1. The van der Waals surface area contributed by atoms with Gasteiger partial charge in [0.25, 0.3) is 0 Å². The lowest BCUT2D eigenvalue weighted by Crippen LogP contribution is -2.41. The van der Waals surface area contributed by atoms with Crippen molar-refractivity contribution in [1.82, 2.24) is 14.8 Å². The van der Waals surface area contributed by atoms with E-state index in [0.717, 1.165) is 63.3 Å². The van der Waals surface area contributed by atoms with Gasteiger partial charge in [0.2, 0.25) is 17.7 Å². The predicted octanol–water partition coefficient (Wildman–Crippen LogP) is 5.04. The summed E-state index contributed by atoms with van der Waals surface area (Å²) < 4.78 is 7.55. The van der Waals surface area contributed by atoms with Crippen molar-refractivity contribution in [2.75, 3.05) is 26.2 Å². The fraction of sp³-hybridized carbons (Fsp3) is 0.484. The molecule has 226 valence electrons. The van der Waals surface area contributed by atoms with Crippen LogP contribution in [0.15, 0.2) is 30.5 Å². The maximum Gasteiger partial charge on any atom is 0.230 e. The molecule has 1 aromatic carbocycles. The van der Waals surface area contributed by atoms with Crippen LogP contribution in [-0.2, 0) is 20.9 Å². The van der Waals surface area contributed by atoms with Crippen molar-refractivity contribution in [2.24, 2.45) is 11.5 Å². The zero-order valence-electron chi connectivity index (χ0n) is 24.4. The highest BCUT2D eigenvalue weighted by Gasteiger charge is 2.30. The summed E-state index contributed by atoms with van der Waals surface area (Å²) in [5.41, 5.74) is 14.1. The van der Waals surface area contributed by atoms with E-state index >= 15 is 0 Å². The normalized spacial score (nSPS) is 15.7. The minimum atomic E-state index is -0.131. The number of nitrogens with two attached hydrogens (primary N) is 2. The number of carbonyl (C=O) groups is 3. The summed E-state index contributed by atoms with van der Waals surface area (Å²) in [7, 11) is 0. The molecule has 3 amide bonds. The number of carbonyl (C=O) groups excluding carboxylic acids is 3. The Hall–Kier alpha value is -3.05. The van der Waals surface area contributed by atoms with E-state index in [9.17, 15) is 14.4 Å². The average Bonchev–Trinajstić information content (AvgIpc) is 3.55. The number of hydrogen-bond donors (Lipinski definition) is 2. The fourth-order valence-electron chi connectivity index (χ4n) is 5.12. The maximum absolute atomic E-state index is 12.4. The molecule has 4 heterocycles. The highest BCUT2D eigenvalue weighted by Crippen LogP contribution is 2.42. The highest BCUT2D eigenvalue weighted by atomic mass is 35.5. The molecule has 9 nitrogen and oxygen atoms in total. The zero-order valence-corrected chi connectivity index (χ0v) is 25.9. The molecule has 0 radical (unpaired) electrons. The second-order valence-electron chi connectivity index (χ2n) is 10.6. The lowest BCUT2D eigenvalue weighted by Gasteiger charge is -2.33. The molecule has 5 rings (SSSR count). The molecule has 2 saturated heterocycles. The minimum Gasteiger partial charge on any atom is -0.489 e. The lowest BCUT2D eigenvalue weighted by molar-refractivity contribution is -0.139. The molecule has 0 saturated carbocycles. The molecule has 42 heavy (non-hydrogen) atoms. The van der Waals surface area contributed by atoms with E-state index in [4.69, 9.17) is 27.8 Å². The number of ether oxygens (including phenoxy) is 1. The van der Waals surface area contributed by atoms with Gasteiger partial charge in [0.05, 0.1) is 16.8 Å². The van der Waals surface area contributed by atoms with Crippen LogP contribution in [0.3, 0.4) is 0 Å². The van der Waals surface area contributed by atoms with Gasteiger partial charge in [0, 0.05) is 72.4 Å². The van der Waals surface area contributed by atoms with Gasteiger partial charge in [-0.25, -0.2) is 0 Å². The summed E-state index contributed by atoms with van der Waals surface area (Å²) in [6.07, 6.45) is 6.08. The number of likely N-dealkylation sites (tertiary alicyclic amines) is 2. The number of imide groups is 1. The van der Waals surface area contributed by atoms with Crippen LogP contribution in [0.4, 0.5) is 0 Å². The van der Waals surface area contributed by atoms with Crippen molar-refractivity contribution < 1.29 is 19.1 Å². The van der Waals surface area contributed by atoms with Crippen LogP contribution in [0.1, 0.15) is 62.3 Å². The van der Waals surface area contributed by atoms with Crippen LogP contribution in [0.25, 0.3) is 21.3 Å². The van der Waals surface area contributed by atoms with Crippen molar-refractivity contribution in [3.05, 3.63) is 45.9 Å². The molecular formula is C31H40ClN5O4S. The number of piperidine rings is 1. The summed E-state index contributed by atoms with van der Waals surface area (Å²) in [6.45, 7) is 6.97. The molecule has 0 atom stereocenters. The van der Waals surface area contributed by atoms with E-state index in [0.29, 0.717) is 37.5 Å². The van der Waals surface area contributed by atoms with Crippen LogP contribution >= 0.6 is 22.9 Å². The quantitative estimate of drug-likeness (QED) is 0.323. The van der Waals surface area contributed by atoms with Gasteiger partial charge in [-0.05, 0) is 62.7 Å². The standard InChI is InChI=1S/C28H31ClN4O4S.C3H9N/c1-17-13-18(29)14-22(27(17)37-19-7-11-32(12-8-19)24(34)3-2-9-30)21-6-10-31-23-15-20(38-28(21)23)16-33-25(35)4-5-26(33)36;1-2-3-4/h6,10,13-15,19H,2-5,7-9,11-12,16,30H2,1H3;2-4H2,1H3. The Balaban J connectivity index is 0.000000952. The summed E-state index contributed by atoms with van der Waals surface area (Å²) in [5.74, 6) is 0.666. The first kappa shape index (κ1) is 31.9. The average molecular weight is 614 g/mol. The minimum absolute atomic E-state index is 0.0180. The van der Waals surface area contributed by atoms with Crippen molar-refractivity contribution in [1.29, 1.82) is 0 Å². The lowest BCUT2D eigenvalue weighted by atomic mass is 10.0. The van der Waals surface area contributed by atoms with Gasteiger partial charge in [-0.3, -0.25) is 24.3 Å². The number of aryl methyl sites for hydroxylation is 1. The first-order valence-corrected chi connectivity index (χ1v) is 15.8. The number of amides is 3. The Morgan fingerprint density at radius 2 is 1.79 bits per heavy atom. The van der Waals surface area contributed by atoms with Gasteiger partial charge in [-0.15, -0.1) is 11.3 Å². The number of halogens is 1. The third kappa shape index (κ3) is 7.66.